The Morgan fingerprint density at radius 3 is 2.52 bits per heavy atom. The Hall–Kier alpha value is -2.31. The standard InChI is InChI=1S/C14H13F3N2O2/c1-2-13(20)11-7-18-19(9-11)8-10-3-5-12(6-4-10)21-14(15,16)17/h3-7,9H,2,8H2,1H3. The van der Waals surface area contributed by atoms with Crippen LogP contribution in [0.4, 0.5) is 13.2 Å². The van der Waals surface area contributed by atoms with Crippen molar-refractivity contribution in [1.82, 2.24) is 9.78 Å². The van der Waals surface area contributed by atoms with Crippen molar-refractivity contribution < 1.29 is 22.7 Å². The molecule has 0 fully saturated rings. The van der Waals surface area contributed by atoms with Crippen molar-refractivity contribution in [2.24, 2.45) is 0 Å². The number of Topliss-reactive ketones (excluding diaryl/α,β-unsaturated/α-hetero) is 1. The van der Waals surface area contributed by atoms with E-state index in [9.17, 15) is 18.0 Å². The summed E-state index contributed by atoms with van der Waals surface area (Å²) in [5.41, 5.74) is 1.28. The van der Waals surface area contributed by atoms with Gasteiger partial charge in [0.1, 0.15) is 5.75 Å². The van der Waals surface area contributed by atoms with Crippen LogP contribution in [0.15, 0.2) is 36.7 Å². The van der Waals surface area contributed by atoms with Crippen molar-refractivity contribution in [2.75, 3.05) is 0 Å². The maximum absolute atomic E-state index is 12.0. The van der Waals surface area contributed by atoms with Gasteiger partial charge in [-0.1, -0.05) is 19.1 Å². The van der Waals surface area contributed by atoms with Gasteiger partial charge in [0, 0.05) is 12.6 Å². The first-order chi connectivity index (χ1) is 9.87. The van der Waals surface area contributed by atoms with E-state index in [1.54, 1.807) is 17.8 Å². The molecule has 1 aromatic carbocycles. The van der Waals surface area contributed by atoms with Gasteiger partial charge in [-0.3, -0.25) is 9.48 Å². The van der Waals surface area contributed by atoms with Gasteiger partial charge in [0.2, 0.25) is 0 Å². The minimum Gasteiger partial charge on any atom is -0.406 e. The summed E-state index contributed by atoms with van der Waals surface area (Å²) < 4.78 is 41.4. The Labute approximate surface area is 119 Å². The molecule has 2 aromatic rings. The van der Waals surface area contributed by atoms with Crippen LogP contribution in [0.1, 0.15) is 29.3 Å². The molecule has 0 bridgehead atoms. The van der Waals surface area contributed by atoms with Crippen LogP contribution in [0.3, 0.4) is 0 Å². The second-order valence-corrected chi connectivity index (χ2v) is 4.40. The van der Waals surface area contributed by atoms with E-state index in [4.69, 9.17) is 0 Å². The topological polar surface area (TPSA) is 44.1 Å². The number of rotatable bonds is 5. The van der Waals surface area contributed by atoms with Crippen LogP contribution in [-0.2, 0) is 6.54 Å². The van der Waals surface area contributed by atoms with E-state index >= 15 is 0 Å². The first-order valence-electron chi connectivity index (χ1n) is 6.27. The lowest BCUT2D eigenvalue weighted by molar-refractivity contribution is -0.274. The fraction of sp³-hybridized carbons (Fsp3) is 0.286. The zero-order valence-corrected chi connectivity index (χ0v) is 11.2. The summed E-state index contributed by atoms with van der Waals surface area (Å²) in [7, 11) is 0. The predicted octanol–water partition coefficient (Wildman–Crippen LogP) is 3.42. The molecule has 0 unspecified atom stereocenters. The van der Waals surface area contributed by atoms with Gasteiger partial charge >= 0.3 is 6.36 Å². The SMILES string of the molecule is CCC(=O)c1cnn(Cc2ccc(OC(F)(F)F)cc2)c1. The Kier molecular flexibility index (Phi) is 4.30. The number of aromatic nitrogens is 2. The summed E-state index contributed by atoms with van der Waals surface area (Å²) in [4.78, 5) is 11.5. The molecule has 0 amide bonds. The molecule has 2 rings (SSSR count). The number of alkyl halides is 3. The number of hydrogen-bond donors (Lipinski definition) is 0. The maximum Gasteiger partial charge on any atom is 0.573 e. The molecule has 0 aliphatic rings. The molecule has 112 valence electrons. The van der Waals surface area contributed by atoms with E-state index in [2.05, 4.69) is 9.84 Å². The highest BCUT2D eigenvalue weighted by molar-refractivity contribution is 5.95. The van der Waals surface area contributed by atoms with Gasteiger partial charge in [-0.2, -0.15) is 5.10 Å². The Balaban J connectivity index is 2.03. The predicted molar refractivity (Wildman–Crippen MR) is 69.1 cm³/mol. The molecule has 0 saturated heterocycles. The molecular formula is C14H13F3N2O2. The summed E-state index contributed by atoms with van der Waals surface area (Å²) >= 11 is 0. The second-order valence-electron chi connectivity index (χ2n) is 4.40. The molecule has 0 atom stereocenters. The smallest absolute Gasteiger partial charge is 0.406 e. The van der Waals surface area contributed by atoms with Gasteiger partial charge in [0.25, 0.3) is 0 Å². The Morgan fingerprint density at radius 1 is 1.29 bits per heavy atom. The third-order valence-corrected chi connectivity index (χ3v) is 2.78. The van der Waals surface area contributed by atoms with Gasteiger partial charge in [-0.25, -0.2) is 0 Å². The van der Waals surface area contributed by atoms with Crippen LogP contribution >= 0.6 is 0 Å². The molecule has 0 N–H and O–H groups in total. The van der Waals surface area contributed by atoms with E-state index in [1.807, 2.05) is 0 Å². The monoisotopic (exact) mass is 298 g/mol. The molecule has 1 aromatic heterocycles. The highest BCUT2D eigenvalue weighted by Gasteiger charge is 2.30. The molecular weight excluding hydrogens is 285 g/mol. The maximum atomic E-state index is 12.0. The minimum atomic E-state index is -4.70. The van der Waals surface area contributed by atoms with Crippen LogP contribution in [0.2, 0.25) is 0 Å². The quantitative estimate of drug-likeness (QED) is 0.794. The van der Waals surface area contributed by atoms with Crippen molar-refractivity contribution in [2.45, 2.75) is 26.3 Å². The third kappa shape index (κ3) is 4.34. The van der Waals surface area contributed by atoms with Crippen LogP contribution in [0, 0.1) is 0 Å². The number of carbonyl (C=O) groups excluding carboxylic acids is 1. The zero-order valence-electron chi connectivity index (χ0n) is 11.2. The van der Waals surface area contributed by atoms with Crippen molar-refractivity contribution in [3.8, 4) is 5.75 Å². The molecule has 21 heavy (non-hydrogen) atoms. The van der Waals surface area contributed by atoms with Crippen LogP contribution < -0.4 is 4.74 Å². The average Bonchev–Trinajstić information content (AvgIpc) is 2.87. The largest absolute Gasteiger partial charge is 0.573 e. The number of halogens is 3. The Morgan fingerprint density at radius 2 is 1.95 bits per heavy atom. The number of nitrogens with zero attached hydrogens (tertiary/aromatic N) is 2. The molecule has 0 spiro atoms. The highest BCUT2D eigenvalue weighted by Crippen LogP contribution is 2.22. The van der Waals surface area contributed by atoms with Crippen LogP contribution in [0.25, 0.3) is 0 Å². The van der Waals surface area contributed by atoms with Crippen LogP contribution in [0.5, 0.6) is 5.75 Å². The molecule has 0 aliphatic heterocycles. The molecule has 7 heteroatoms. The molecule has 4 nitrogen and oxygen atoms in total. The van der Waals surface area contributed by atoms with Gasteiger partial charge in [0.15, 0.2) is 5.78 Å². The highest BCUT2D eigenvalue weighted by atomic mass is 19.4. The lowest BCUT2D eigenvalue weighted by Gasteiger charge is -2.09. The van der Waals surface area contributed by atoms with E-state index in [0.717, 1.165) is 5.56 Å². The van der Waals surface area contributed by atoms with Crippen molar-refractivity contribution in [3.05, 3.63) is 47.8 Å². The van der Waals surface area contributed by atoms with Crippen LogP contribution in [-0.4, -0.2) is 21.9 Å². The van der Waals surface area contributed by atoms with Crippen molar-refractivity contribution >= 4 is 5.78 Å². The van der Waals surface area contributed by atoms with Gasteiger partial charge in [-0.05, 0) is 17.7 Å². The van der Waals surface area contributed by atoms with Gasteiger partial charge in [0.05, 0.1) is 18.3 Å². The first-order valence-corrected chi connectivity index (χ1v) is 6.27. The van der Waals surface area contributed by atoms with E-state index < -0.39 is 6.36 Å². The molecule has 0 radical (unpaired) electrons. The fourth-order valence-corrected chi connectivity index (χ4v) is 1.78. The third-order valence-electron chi connectivity index (χ3n) is 2.78. The summed E-state index contributed by atoms with van der Waals surface area (Å²) in [5.74, 6) is -0.274. The number of ether oxygens (including phenoxy) is 1. The van der Waals surface area contributed by atoms with Gasteiger partial charge in [-0.15, -0.1) is 13.2 Å². The fourth-order valence-electron chi connectivity index (χ4n) is 1.78. The summed E-state index contributed by atoms with van der Waals surface area (Å²) in [6.07, 6.45) is -1.20. The zero-order chi connectivity index (χ0) is 15.5. The summed E-state index contributed by atoms with van der Waals surface area (Å²) in [6, 6.07) is 5.52. The summed E-state index contributed by atoms with van der Waals surface area (Å²) in [6.45, 7) is 2.13. The summed E-state index contributed by atoms with van der Waals surface area (Å²) in [5, 5.41) is 4.05. The van der Waals surface area contributed by atoms with Crippen molar-refractivity contribution in [3.63, 3.8) is 0 Å². The Bertz CT molecular complexity index is 618. The lowest BCUT2D eigenvalue weighted by Crippen LogP contribution is -2.17. The van der Waals surface area contributed by atoms with Gasteiger partial charge < -0.3 is 4.74 Å². The normalized spacial score (nSPS) is 11.4. The molecule has 1 heterocycles. The second kappa shape index (κ2) is 5.99. The number of hydrogen-bond acceptors (Lipinski definition) is 3. The average molecular weight is 298 g/mol. The number of benzene rings is 1. The number of ketones is 1. The molecule has 0 aliphatic carbocycles. The van der Waals surface area contributed by atoms with E-state index in [-0.39, 0.29) is 11.5 Å². The van der Waals surface area contributed by atoms with Crippen molar-refractivity contribution in [1.29, 1.82) is 0 Å². The van der Waals surface area contributed by atoms with E-state index in [0.29, 0.717) is 18.5 Å². The molecule has 0 saturated carbocycles. The first kappa shape index (κ1) is 15.1. The van der Waals surface area contributed by atoms with E-state index in [1.165, 1.54) is 30.5 Å². The minimum absolute atomic E-state index is 0.00447. The number of carbonyl (C=O) groups is 1. The lowest BCUT2D eigenvalue weighted by atomic mass is 10.2.